The molecular formula is C20H17N3O5. The highest BCUT2D eigenvalue weighted by Crippen LogP contribution is 2.27. The van der Waals surface area contributed by atoms with Crippen molar-refractivity contribution in [1.82, 2.24) is 5.32 Å². The van der Waals surface area contributed by atoms with Crippen LogP contribution in [-0.2, 0) is 4.79 Å². The molecule has 0 radical (unpaired) electrons. The second kappa shape index (κ2) is 8.17. The summed E-state index contributed by atoms with van der Waals surface area (Å²) in [5.41, 5.74) is 0.347. The van der Waals surface area contributed by atoms with Crippen LogP contribution in [-0.4, -0.2) is 30.4 Å². The quantitative estimate of drug-likeness (QED) is 0.505. The molecule has 0 aliphatic carbocycles. The highest BCUT2D eigenvalue weighted by molar-refractivity contribution is 6.00. The van der Waals surface area contributed by atoms with Crippen LogP contribution >= 0.6 is 0 Å². The van der Waals surface area contributed by atoms with Gasteiger partial charge in [0, 0.05) is 17.3 Å². The van der Waals surface area contributed by atoms with E-state index < -0.39 is 16.7 Å². The van der Waals surface area contributed by atoms with Crippen LogP contribution in [0, 0.1) is 10.1 Å². The number of nitrogens with zero attached hydrogens (tertiary/aromatic N) is 1. The van der Waals surface area contributed by atoms with Crippen LogP contribution in [0.5, 0.6) is 5.75 Å². The van der Waals surface area contributed by atoms with E-state index in [4.69, 9.17) is 4.74 Å². The third-order valence-electron chi connectivity index (χ3n) is 4.08. The maximum Gasteiger partial charge on any atom is 0.311 e. The van der Waals surface area contributed by atoms with Gasteiger partial charge in [0.15, 0.2) is 5.75 Å². The molecule has 0 unspecified atom stereocenters. The van der Waals surface area contributed by atoms with E-state index in [0.29, 0.717) is 5.69 Å². The predicted molar refractivity (Wildman–Crippen MR) is 105 cm³/mol. The van der Waals surface area contributed by atoms with Gasteiger partial charge in [-0.3, -0.25) is 19.7 Å². The summed E-state index contributed by atoms with van der Waals surface area (Å²) in [6, 6.07) is 17.1. The van der Waals surface area contributed by atoms with Crippen LogP contribution in [0.4, 0.5) is 11.4 Å². The van der Waals surface area contributed by atoms with Crippen molar-refractivity contribution < 1.29 is 19.2 Å². The minimum atomic E-state index is -0.637. The summed E-state index contributed by atoms with van der Waals surface area (Å²) < 4.78 is 4.90. The second-order valence-corrected chi connectivity index (χ2v) is 5.94. The van der Waals surface area contributed by atoms with E-state index in [9.17, 15) is 19.7 Å². The van der Waals surface area contributed by atoms with Gasteiger partial charge in [0.1, 0.15) is 0 Å². The highest BCUT2D eigenvalue weighted by Gasteiger charge is 2.18. The number of hydrogen-bond acceptors (Lipinski definition) is 5. The number of carbonyl (C=O) groups excluding carboxylic acids is 2. The molecule has 0 aliphatic heterocycles. The van der Waals surface area contributed by atoms with Crippen molar-refractivity contribution in [2.24, 2.45) is 0 Å². The van der Waals surface area contributed by atoms with E-state index >= 15 is 0 Å². The monoisotopic (exact) mass is 379 g/mol. The van der Waals surface area contributed by atoms with Crippen molar-refractivity contribution in [2.75, 3.05) is 19.0 Å². The van der Waals surface area contributed by atoms with Crippen molar-refractivity contribution in [2.45, 2.75) is 0 Å². The van der Waals surface area contributed by atoms with E-state index in [0.717, 1.165) is 16.8 Å². The number of ether oxygens (including phenoxy) is 1. The molecule has 0 saturated heterocycles. The summed E-state index contributed by atoms with van der Waals surface area (Å²) in [6.45, 7) is -0.272. The Morgan fingerprint density at radius 3 is 2.50 bits per heavy atom. The second-order valence-electron chi connectivity index (χ2n) is 5.94. The standard InChI is InChI=1S/C20H17N3O5/c1-28-18-9-7-15(11-17(18)23(26)27)20(25)21-12-19(24)22-16-8-6-13-4-2-3-5-14(13)10-16/h2-11H,12H2,1H3,(H,21,25)(H,22,24). The first kappa shape index (κ1) is 18.8. The smallest absolute Gasteiger partial charge is 0.311 e. The topological polar surface area (TPSA) is 111 Å². The minimum absolute atomic E-state index is 0.0515. The molecule has 8 nitrogen and oxygen atoms in total. The lowest BCUT2D eigenvalue weighted by Crippen LogP contribution is -2.32. The van der Waals surface area contributed by atoms with Crippen molar-refractivity contribution in [1.29, 1.82) is 0 Å². The molecule has 0 aliphatic rings. The SMILES string of the molecule is COc1ccc(C(=O)NCC(=O)Nc2ccc3ccccc3c2)cc1[N+](=O)[O-]. The lowest BCUT2D eigenvalue weighted by Gasteiger charge is -2.09. The summed E-state index contributed by atoms with van der Waals surface area (Å²) in [7, 11) is 1.30. The minimum Gasteiger partial charge on any atom is -0.490 e. The summed E-state index contributed by atoms with van der Waals surface area (Å²) in [5, 5.41) is 18.2. The fraction of sp³-hybridized carbons (Fsp3) is 0.100. The molecule has 0 spiro atoms. The fourth-order valence-electron chi connectivity index (χ4n) is 2.71. The fourth-order valence-corrected chi connectivity index (χ4v) is 2.71. The highest BCUT2D eigenvalue weighted by atomic mass is 16.6. The number of amides is 2. The van der Waals surface area contributed by atoms with Crippen molar-refractivity contribution in [3.8, 4) is 5.75 Å². The predicted octanol–water partition coefficient (Wildman–Crippen LogP) is 3.13. The number of rotatable bonds is 6. The van der Waals surface area contributed by atoms with Crippen LogP contribution < -0.4 is 15.4 Å². The zero-order valence-corrected chi connectivity index (χ0v) is 15.0. The molecule has 142 valence electrons. The Balaban J connectivity index is 1.63. The normalized spacial score (nSPS) is 10.3. The summed E-state index contributed by atoms with van der Waals surface area (Å²) >= 11 is 0. The first-order valence-electron chi connectivity index (χ1n) is 8.37. The van der Waals surface area contributed by atoms with Gasteiger partial charge < -0.3 is 15.4 Å². The average molecular weight is 379 g/mol. The number of benzene rings is 3. The first-order valence-corrected chi connectivity index (χ1v) is 8.37. The van der Waals surface area contributed by atoms with Gasteiger partial charge in [-0.25, -0.2) is 0 Å². The molecule has 0 saturated carbocycles. The van der Waals surface area contributed by atoms with Crippen molar-refractivity contribution in [3.63, 3.8) is 0 Å². The summed E-state index contributed by atoms with van der Waals surface area (Å²) in [5.74, 6) is -0.957. The van der Waals surface area contributed by atoms with Crippen molar-refractivity contribution >= 4 is 34.0 Å². The van der Waals surface area contributed by atoms with Gasteiger partial charge in [-0.2, -0.15) is 0 Å². The molecule has 3 aromatic rings. The zero-order chi connectivity index (χ0) is 20.1. The number of fused-ring (bicyclic) bond motifs is 1. The molecule has 2 N–H and O–H groups in total. The zero-order valence-electron chi connectivity index (χ0n) is 15.0. The number of hydrogen-bond donors (Lipinski definition) is 2. The number of carbonyl (C=O) groups is 2. The molecule has 28 heavy (non-hydrogen) atoms. The molecule has 0 aromatic heterocycles. The molecule has 8 heteroatoms. The van der Waals surface area contributed by atoms with E-state index in [1.165, 1.54) is 19.2 Å². The Kier molecular flexibility index (Phi) is 5.50. The Bertz CT molecular complexity index is 1060. The Morgan fingerprint density at radius 1 is 1.04 bits per heavy atom. The van der Waals surface area contributed by atoms with E-state index in [2.05, 4.69) is 10.6 Å². The molecule has 3 rings (SSSR count). The molecule has 0 heterocycles. The van der Waals surface area contributed by atoms with Gasteiger partial charge in [0.2, 0.25) is 5.91 Å². The molecule has 0 atom stereocenters. The molecule has 0 bridgehead atoms. The van der Waals surface area contributed by atoms with Gasteiger partial charge in [-0.1, -0.05) is 30.3 Å². The molecule has 2 amide bonds. The van der Waals surface area contributed by atoms with Gasteiger partial charge >= 0.3 is 5.69 Å². The Hall–Kier alpha value is -3.94. The largest absolute Gasteiger partial charge is 0.490 e. The lowest BCUT2D eigenvalue weighted by molar-refractivity contribution is -0.385. The maximum atomic E-state index is 12.2. The first-order chi connectivity index (χ1) is 13.5. The average Bonchev–Trinajstić information content (AvgIpc) is 2.71. The number of nitro groups is 1. The molecule has 0 fully saturated rings. The lowest BCUT2D eigenvalue weighted by atomic mass is 10.1. The number of nitro benzene ring substituents is 1. The van der Waals surface area contributed by atoms with Gasteiger partial charge in [-0.05, 0) is 35.0 Å². The number of anilines is 1. The third kappa shape index (κ3) is 4.24. The van der Waals surface area contributed by atoms with E-state index in [-0.39, 0.29) is 23.5 Å². The van der Waals surface area contributed by atoms with Crippen LogP contribution in [0.25, 0.3) is 10.8 Å². The third-order valence-corrected chi connectivity index (χ3v) is 4.08. The van der Waals surface area contributed by atoms with Crippen LogP contribution in [0.3, 0.4) is 0 Å². The van der Waals surface area contributed by atoms with Crippen LogP contribution in [0.1, 0.15) is 10.4 Å². The van der Waals surface area contributed by atoms with Crippen molar-refractivity contribution in [3.05, 3.63) is 76.3 Å². The number of nitrogens with one attached hydrogen (secondary N) is 2. The van der Waals surface area contributed by atoms with E-state index in [1.807, 2.05) is 36.4 Å². The Labute approximate surface area is 160 Å². The van der Waals surface area contributed by atoms with E-state index in [1.54, 1.807) is 6.07 Å². The van der Waals surface area contributed by atoms with Gasteiger partial charge in [0.25, 0.3) is 5.91 Å². The maximum absolute atomic E-state index is 12.2. The number of methoxy groups -OCH3 is 1. The van der Waals surface area contributed by atoms with Gasteiger partial charge in [0.05, 0.1) is 18.6 Å². The van der Waals surface area contributed by atoms with Gasteiger partial charge in [-0.15, -0.1) is 0 Å². The molecule has 3 aromatic carbocycles. The van der Waals surface area contributed by atoms with Crippen LogP contribution in [0.15, 0.2) is 60.7 Å². The molecular weight excluding hydrogens is 362 g/mol. The summed E-state index contributed by atoms with van der Waals surface area (Å²) in [4.78, 5) is 34.7. The summed E-state index contributed by atoms with van der Waals surface area (Å²) in [6.07, 6.45) is 0. The Morgan fingerprint density at radius 2 is 1.79 bits per heavy atom. The van der Waals surface area contributed by atoms with Crippen LogP contribution in [0.2, 0.25) is 0 Å².